The van der Waals surface area contributed by atoms with Gasteiger partial charge in [0.2, 0.25) is 11.8 Å². The maximum Gasteiger partial charge on any atom is 0.345 e. The number of hydrogen-bond donors (Lipinski definition) is 3. The minimum Gasteiger partial charge on any atom is -0.457 e. The monoisotopic (exact) mass is 577 g/mol. The molecule has 10 nitrogen and oxygen atoms in total. The lowest BCUT2D eigenvalue weighted by atomic mass is 10.1. The van der Waals surface area contributed by atoms with Gasteiger partial charge < -0.3 is 30.0 Å². The van der Waals surface area contributed by atoms with Gasteiger partial charge in [0.15, 0.2) is 0 Å². The van der Waals surface area contributed by atoms with Crippen LogP contribution in [0.25, 0.3) is 10.9 Å². The van der Waals surface area contributed by atoms with Crippen LogP contribution in [0.2, 0.25) is 0 Å². The summed E-state index contributed by atoms with van der Waals surface area (Å²) < 4.78 is 36.3. The molecule has 3 amide bonds. The Morgan fingerprint density at radius 3 is 2.52 bits per heavy atom. The zero-order valence-electron chi connectivity index (χ0n) is 22.6. The van der Waals surface area contributed by atoms with E-state index < -0.39 is 49.1 Å². The van der Waals surface area contributed by atoms with Crippen LogP contribution in [0.15, 0.2) is 79.1 Å². The maximum atomic E-state index is 13.2. The van der Waals surface area contributed by atoms with Gasteiger partial charge in [0, 0.05) is 47.5 Å². The SMILES string of the molecule is CC(NC(=O)[C@@H]1C[C@@H](OC(F)F)CN1C(=O)CNC(=O)c1ccc(Oc2ccccc2)cc1)c1cc2cnccc2[nH]1. The van der Waals surface area contributed by atoms with Crippen molar-refractivity contribution in [2.75, 3.05) is 13.1 Å². The van der Waals surface area contributed by atoms with Crippen molar-refractivity contribution in [1.82, 2.24) is 25.5 Å². The standard InChI is InChI=1S/C30H29F2N5O5/c1-18(25-13-20-15-33-12-11-24(20)36-25)35-29(40)26-14-23(42-30(31)32)17-37(26)27(38)16-34-28(39)19-7-9-22(10-8-19)41-21-5-3-2-4-6-21/h2-13,15,18,23,26,30,36H,14,16-17H2,1H3,(H,34,39)(H,35,40)/t18?,23-,26+/m1/s1. The number of halogens is 2. The second-order valence-corrected chi connectivity index (χ2v) is 9.86. The van der Waals surface area contributed by atoms with Crippen LogP contribution in [0, 0.1) is 0 Å². The highest BCUT2D eigenvalue weighted by atomic mass is 19.3. The van der Waals surface area contributed by atoms with Crippen LogP contribution < -0.4 is 15.4 Å². The second-order valence-electron chi connectivity index (χ2n) is 9.86. The second kappa shape index (κ2) is 12.8. The molecule has 1 saturated heterocycles. The van der Waals surface area contributed by atoms with Crippen molar-refractivity contribution in [3.63, 3.8) is 0 Å². The number of ether oxygens (including phenoxy) is 2. The summed E-state index contributed by atoms with van der Waals surface area (Å²) in [6.07, 6.45) is 2.19. The maximum absolute atomic E-state index is 13.2. The molecular formula is C30H29F2N5O5. The van der Waals surface area contributed by atoms with Crippen LogP contribution in [0.5, 0.6) is 11.5 Å². The van der Waals surface area contributed by atoms with E-state index in [1.54, 1.807) is 61.8 Å². The number of nitrogens with zero attached hydrogens (tertiary/aromatic N) is 2. The number of alkyl halides is 2. The molecule has 42 heavy (non-hydrogen) atoms. The van der Waals surface area contributed by atoms with Crippen LogP contribution in [-0.2, 0) is 14.3 Å². The van der Waals surface area contributed by atoms with Gasteiger partial charge in [-0.3, -0.25) is 19.4 Å². The number of amides is 3. The Balaban J connectivity index is 1.20. The first kappa shape index (κ1) is 28.7. The smallest absolute Gasteiger partial charge is 0.345 e. The third-order valence-corrected chi connectivity index (χ3v) is 6.94. The Morgan fingerprint density at radius 1 is 1.07 bits per heavy atom. The number of carbonyl (C=O) groups is 3. The number of likely N-dealkylation sites (tertiary alicyclic amines) is 1. The molecule has 2 aromatic heterocycles. The largest absolute Gasteiger partial charge is 0.457 e. The highest BCUT2D eigenvalue weighted by molar-refractivity contribution is 5.97. The van der Waals surface area contributed by atoms with Gasteiger partial charge in [0.1, 0.15) is 17.5 Å². The zero-order chi connectivity index (χ0) is 29.6. The van der Waals surface area contributed by atoms with Crippen LogP contribution in [0.1, 0.15) is 35.4 Å². The van der Waals surface area contributed by atoms with Crippen molar-refractivity contribution in [3.05, 3.63) is 90.4 Å². The summed E-state index contributed by atoms with van der Waals surface area (Å²) in [6, 6.07) is 17.6. The number of H-pyrrole nitrogens is 1. The van der Waals surface area contributed by atoms with E-state index in [2.05, 4.69) is 25.3 Å². The number of aromatic amines is 1. The molecule has 3 atom stereocenters. The highest BCUT2D eigenvalue weighted by Gasteiger charge is 2.41. The summed E-state index contributed by atoms with van der Waals surface area (Å²) in [5, 5.41) is 6.25. The first-order valence-electron chi connectivity index (χ1n) is 13.3. The summed E-state index contributed by atoms with van der Waals surface area (Å²) in [5.74, 6) is -0.461. The lowest BCUT2D eigenvalue weighted by molar-refractivity contribution is -0.160. The Morgan fingerprint density at radius 2 is 1.81 bits per heavy atom. The van der Waals surface area contributed by atoms with Gasteiger partial charge in [0.25, 0.3) is 5.91 Å². The number of carbonyl (C=O) groups excluding carboxylic acids is 3. The molecule has 0 bridgehead atoms. The van der Waals surface area contributed by atoms with Gasteiger partial charge in [-0.15, -0.1) is 0 Å². The summed E-state index contributed by atoms with van der Waals surface area (Å²) >= 11 is 0. The molecule has 1 fully saturated rings. The molecule has 0 saturated carbocycles. The van der Waals surface area contributed by atoms with Gasteiger partial charge in [-0.1, -0.05) is 18.2 Å². The summed E-state index contributed by atoms with van der Waals surface area (Å²) in [7, 11) is 0. The van der Waals surface area contributed by atoms with E-state index in [9.17, 15) is 23.2 Å². The van der Waals surface area contributed by atoms with Crippen LogP contribution in [0.4, 0.5) is 8.78 Å². The molecule has 1 aliphatic rings. The van der Waals surface area contributed by atoms with E-state index in [0.29, 0.717) is 17.1 Å². The molecule has 2 aromatic carbocycles. The minimum absolute atomic E-state index is 0.109. The normalized spacial score (nSPS) is 17.3. The molecule has 4 aromatic rings. The summed E-state index contributed by atoms with van der Waals surface area (Å²) in [6.45, 7) is -1.94. The van der Waals surface area contributed by atoms with Crippen molar-refractivity contribution < 1.29 is 32.6 Å². The summed E-state index contributed by atoms with van der Waals surface area (Å²) in [4.78, 5) is 47.5. The van der Waals surface area contributed by atoms with Crippen LogP contribution in [-0.4, -0.2) is 64.4 Å². The van der Waals surface area contributed by atoms with E-state index in [1.807, 2.05) is 24.3 Å². The molecule has 0 radical (unpaired) electrons. The number of pyridine rings is 1. The number of nitrogens with one attached hydrogen (secondary N) is 3. The lowest BCUT2D eigenvalue weighted by Gasteiger charge is -2.25. The number of para-hydroxylation sites is 1. The van der Waals surface area contributed by atoms with Crippen molar-refractivity contribution in [2.24, 2.45) is 0 Å². The first-order chi connectivity index (χ1) is 20.3. The number of benzene rings is 2. The molecule has 1 aliphatic heterocycles. The molecule has 3 heterocycles. The molecule has 12 heteroatoms. The Labute approximate surface area is 240 Å². The topological polar surface area (TPSA) is 126 Å². The minimum atomic E-state index is -3.05. The zero-order valence-corrected chi connectivity index (χ0v) is 22.6. The third kappa shape index (κ3) is 6.89. The molecule has 1 unspecified atom stereocenters. The predicted octanol–water partition coefficient (Wildman–Crippen LogP) is 4.17. The van der Waals surface area contributed by atoms with Crippen LogP contribution in [0.3, 0.4) is 0 Å². The molecule has 0 spiro atoms. The van der Waals surface area contributed by atoms with Crippen molar-refractivity contribution in [3.8, 4) is 11.5 Å². The Bertz CT molecular complexity index is 1510. The number of fused-ring (bicyclic) bond motifs is 1. The fourth-order valence-corrected chi connectivity index (χ4v) is 4.84. The van der Waals surface area contributed by atoms with E-state index in [1.165, 1.54) is 4.90 Å². The van der Waals surface area contributed by atoms with Gasteiger partial charge in [-0.05, 0) is 55.5 Å². The van der Waals surface area contributed by atoms with Crippen molar-refractivity contribution in [1.29, 1.82) is 0 Å². The first-order valence-corrected chi connectivity index (χ1v) is 13.3. The number of rotatable bonds is 10. The van der Waals surface area contributed by atoms with E-state index in [0.717, 1.165) is 16.6 Å². The van der Waals surface area contributed by atoms with Gasteiger partial charge in [0.05, 0.1) is 18.7 Å². The number of aromatic nitrogens is 2. The van der Waals surface area contributed by atoms with Crippen molar-refractivity contribution in [2.45, 2.75) is 38.1 Å². The van der Waals surface area contributed by atoms with E-state index in [-0.39, 0.29) is 13.0 Å². The molecule has 3 N–H and O–H groups in total. The Hall–Kier alpha value is -4.84. The van der Waals surface area contributed by atoms with Gasteiger partial charge >= 0.3 is 6.61 Å². The lowest BCUT2D eigenvalue weighted by Crippen LogP contribution is -2.49. The number of hydrogen-bond acceptors (Lipinski definition) is 6. The molecular weight excluding hydrogens is 548 g/mol. The summed E-state index contributed by atoms with van der Waals surface area (Å²) in [5.41, 5.74) is 1.86. The van der Waals surface area contributed by atoms with Gasteiger partial charge in [-0.2, -0.15) is 8.78 Å². The van der Waals surface area contributed by atoms with Crippen LogP contribution >= 0.6 is 0 Å². The molecule has 5 rings (SSSR count). The fraction of sp³-hybridized carbons (Fsp3) is 0.267. The Kier molecular flexibility index (Phi) is 8.72. The third-order valence-electron chi connectivity index (χ3n) is 6.94. The quantitative estimate of drug-likeness (QED) is 0.260. The average Bonchev–Trinajstić information content (AvgIpc) is 3.61. The fourth-order valence-electron chi connectivity index (χ4n) is 4.84. The van der Waals surface area contributed by atoms with E-state index in [4.69, 9.17) is 4.74 Å². The molecule has 0 aliphatic carbocycles. The van der Waals surface area contributed by atoms with Gasteiger partial charge in [-0.25, -0.2) is 0 Å². The van der Waals surface area contributed by atoms with Crippen molar-refractivity contribution >= 4 is 28.6 Å². The highest BCUT2D eigenvalue weighted by Crippen LogP contribution is 2.25. The average molecular weight is 578 g/mol. The van der Waals surface area contributed by atoms with E-state index >= 15 is 0 Å². The molecule has 218 valence electrons. The predicted molar refractivity (Wildman–Crippen MR) is 149 cm³/mol.